The van der Waals surface area contributed by atoms with Crippen LogP contribution in [0.2, 0.25) is 0 Å². The van der Waals surface area contributed by atoms with Crippen molar-refractivity contribution >= 4 is 34.5 Å². The van der Waals surface area contributed by atoms with E-state index in [0.717, 1.165) is 24.2 Å². The largest absolute Gasteiger partial charge is 0.491 e. The first-order valence-corrected chi connectivity index (χ1v) is 12.3. The van der Waals surface area contributed by atoms with Crippen molar-refractivity contribution in [2.75, 3.05) is 26.2 Å². The van der Waals surface area contributed by atoms with Gasteiger partial charge in [-0.3, -0.25) is 9.59 Å². The Hall–Kier alpha value is -2.64. The van der Waals surface area contributed by atoms with E-state index < -0.39 is 0 Å². The lowest BCUT2D eigenvalue weighted by Gasteiger charge is -2.37. The zero-order chi connectivity index (χ0) is 21.6. The lowest BCUT2D eigenvalue weighted by molar-refractivity contribution is -0.135. The molecule has 4 rings (SSSR count). The highest BCUT2D eigenvalue weighted by molar-refractivity contribution is 7.12. The molecule has 0 saturated carbocycles. The Morgan fingerprint density at radius 2 is 1.94 bits per heavy atom. The van der Waals surface area contributed by atoms with Crippen LogP contribution in [0.15, 0.2) is 59.3 Å². The third-order valence-electron chi connectivity index (χ3n) is 5.41. The van der Waals surface area contributed by atoms with Crippen LogP contribution in [0.4, 0.5) is 0 Å². The number of benzene rings is 1. The molecule has 1 aromatic carbocycles. The standard InChI is InChI=1S/C24H26N2O3S2/c1-2-12-25(24(28)22-9-6-14-30-22)16-23(27)26-13-10-21-19(11-15-31-21)20(26)17-29-18-7-4-3-5-8-18/h3-9,11,14-15,20H,2,10,12-13,16-17H2,1H3. The minimum Gasteiger partial charge on any atom is -0.491 e. The van der Waals surface area contributed by atoms with Crippen LogP contribution in [0.3, 0.4) is 0 Å². The van der Waals surface area contributed by atoms with Crippen LogP contribution >= 0.6 is 22.7 Å². The second-order valence-electron chi connectivity index (χ2n) is 7.48. The molecule has 0 spiro atoms. The monoisotopic (exact) mass is 454 g/mol. The molecule has 0 saturated heterocycles. The summed E-state index contributed by atoms with van der Waals surface area (Å²) in [7, 11) is 0. The fraction of sp³-hybridized carbons (Fsp3) is 0.333. The van der Waals surface area contributed by atoms with Gasteiger partial charge in [-0.25, -0.2) is 0 Å². The number of fused-ring (bicyclic) bond motifs is 1. The highest BCUT2D eigenvalue weighted by Crippen LogP contribution is 2.34. The van der Waals surface area contributed by atoms with Gasteiger partial charge in [-0.05, 0) is 53.4 Å². The third kappa shape index (κ3) is 4.99. The minimum absolute atomic E-state index is 0.0307. The molecule has 0 N–H and O–H groups in total. The van der Waals surface area contributed by atoms with Gasteiger partial charge in [-0.1, -0.05) is 31.2 Å². The highest BCUT2D eigenvalue weighted by atomic mass is 32.1. The summed E-state index contributed by atoms with van der Waals surface area (Å²) >= 11 is 3.14. The van der Waals surface area contributed by atoms with Crippen molar-refractivity contribution in [1.82, 2.24) is 9.80 Å². The Kier molecular flexibility index (Phi) is 7.04. The smallest absolute Gasteiger partial charge is 0.264 e. The van der Waals surface area contributed by atoms with E-state index in [2.05, 4.69) is 11.4 Å². The maximum atomic E-state index is 13.4. The van der Waals surface area contributed by atoms with Crippen LogP contribution < -0.4 is 4.74 Å². The first kappa shape index (κ1) is 21.6. The second kappa shape index (κ2) is 10.1. The van der Waals surface area contributed by atoms with E-state index >= 15 is 0 Å². The topological polar surface area (TPSA) is 49.9 Å². The zero-order valence-corrected chi connectivity index (χ0v) is 19.2. The van der Waals surface area contributed by atoms with Crippen LogP contribution in [0.5, 0.6) is 5.75 Å². The van der Waals surface area contributed by atoms with Crippen molar-refractivity contribution in [3.8, 4) is 5.75 Å². The predicted molar refractivity (Wildman–Crippen MR) is 125 cm³/mol. The molecule has 3 heterocycles. The maximum Gasteiger partial charge on any atom is 0.264 e. The number of carbonyl (C=O) groups is 2. The molecule has 1 aliphatic rings. The second-order valence-corrected chi connectivity index (χ2v) is 9.43. The summed E-state index contributed by atoms with van der Waals surface area (Å²) < 4.78 is 6.04. The Morgan fingerprint density at radius 3 is 2.68 bits per heavy atom. The minimum atomic E-state index is -0.150. The summed E-state index contributed by atoms with van der Waals surface area (Å²) in [6.45, 7) is 3.71. The molecule has 2 amide bonds. The summed E-state index contributed by atoms with van der Waals surface area (Å²) in [4.78, 5) is 31.8. The van der Waals surface area contributed by atoms with Crippen molar-refractivity contribution in [3.05, 3.63) is 74.6 Å². The van der Waals surface area contributed by atoms with E-state index in [9.17, 15) is 9.59 Å². The number of rotatable bonds is 8. The normalized spacial score (nSPS) is 15.4. The molecule has 3 aromatic rings. The van der Waals surface area contributed by atoms with Crippen molar-refractivity contribution in [3.63, 3.8) is 0 Å². The number of carbonyl (C=O) groups excluding carboxylic acids is 2. The number of nitrogens with zero attached hydrogens (tertiary/aromatic N) is 2. The van der Waals surface area contributed by atoms with Crippen molar-refractivity contribution in [2.45, 2.75) is 25.8 Å². The number of amides is 2. The van der Waals surface area contributed by atoms with Gasteiger partial charge in [0.25, 0.3) is 5.91 Å². The number of ether oxygens (including phenoxy) is 1. The van der Waals surface area contributed by atoms with Gasteiger partial charge in [-0.15, -0.1) is 22.7 Å². The molecule has 0 fully saturated rings. The molecule has 162 valence electrons. The van der Waals surface area contributed by atoms with Gasteiger partial charge in [-0.2, -0.15) is 0 Å². The van der Waals surface area contributed by atoms with Crippen molar-refractivity contribution < 1.29 is 14.3 Å². The number of hydrogen-bond donors (Lipinski definition) is 0. The van der Waals surface area contributed by atoms with Crippen LogP contribution in [-0.4, -0.2) is 47.9 Å². The number of para-hydroxylation sites is 1. The van der Waals surface area contributed by atoms with Gasteiger partial charge in [0.2, 0.25) is 5.91 Å². The average Bonchev–Trinajstić information content (AvgIpc) is 3.49. The van der Waals surface area contributed by atoms with E-state index in [1.807, 2.05) is 59.7 Å². The van der Waals surface area contributed by atoms with Crippen LogP contribution in [0.1, 0.15) is 39.5 Å². The number of hydrogen-bond acceptors (Lipinski definition) is 5. The van der Waals surface area contributed by atoms with Crippen molar-refractivity contribution in [1.29, 1.82) is 0 Å². The fourth-order valence-electron chi connectivity index (χ4n) is 3.90. The summed E-state index contributed by atoms with van der Waals surface area (Å²) in [5, 5.41) is 3.97. The molecule has 0 radical (unpaired) electrons. The first-order chi connectivity index (χ1) is 15.2. The summed E-state index contributed by atoms with van der Waals surface area (Å²) in [6.07, 6.45) is 1.65. The van der Waals surface area contributed by atoms with Gasteiger partial charge < -0.3 is 14.5 Å². The van der Waals surface area contributed by atoms with Gasteiger partial charge >= 0.3 is 0 Å². The van der Waals surface area contributed by atoms with Gasteiger partial charge in [0.15, 0.2) is 0 Å². The molecule has 31 heavy (non-hydrogen) atoms. The van der Waals surface area contributed by atoms with Gasteiger partial charge in [0.1, 0.15) is 18.9 Å². The fourth-order valence-corrected chi connectivity index (χ4v) is 5.52. The molecular weight excluding hydrogens is 428 g/mol. The van der Waals surface area contributed by atoms with E-state index in [1.54, 1.807) is 16.2 Å². The van der Waals surface area contributed by atoms with E-state index in [0.29, 0.717) is 24.6 Å². The molecule has 1 atom stereocenters. The lowest BCUT2D eigenvalue weighted by Crippen LogP contribution is -2.47. The predicted octanol–water partition coefficient (Wildman–Crippen LogP) is 4.87. The van der Waals surface area contributed by atoms with Crippen LogP contribution in [0, 0.1) is 0 Å². The zero-order valence-electron chi connectivity index (χ0n) is 17.5. The molecule has 7 heteroatoms. The molecule has 0 aliphatic carbocycles. The molecule has 1 unspecified atom stereocenters. The maximum absolute atomic E-state index is 13.4. The van der Waals surface area contributed by atoms with E-state index in [4.69, 9.17) is 4.74 Å². The molecule has 1 aliphatic heterocycles. The average molecular weight is 455 g/mol. The Balaban J connectivity index is 1.51. The summed E-state index contributed by atoms with van der Waals surface area (Å²) in [5.74, 6) is 0.685. The van der Waals surface area contributed by atoms with Gasteiger partial charge in [0.05, 0.1) is 10.9 Å². The van der Waals surface area contributed by atoms with E-state index in [-0.39, 0.29) is 24.4 Å². The quantitative estimate of drug-likeness (QED) is 0.488. The highest BCUT2D eigenvalue weighted by Gasteiger charge is 2.33. The molecular formula is C24H26N2O3S2. The summed E-state index contributed by atoms with van der Waals surface area (Å²) in [5.41, 5.74) is 1.16. The van der Waals surface area contributed by atoms with Crippen LogP contribution in [-0.2, 0) is 11.2 Å². The third-order valence-corrected chi connectivity index (χ3v) is 7.26. The Morgan fingerprint density at radius 1 is 1.10 bits per heavy atom. The Labute approximate surface area is 190 Å². The first-order valence-electron chi connectivity index (χ1n) is 10.5. The SMILES string of the molecule is CCCN(CC(=O)N1CCc2sccc2C1COc1ccccc1)C(=O)c1cccs1. The van der Waals surface area contributed by atoms with E-state index in [1.165, 1.54) is 16.2 Å². The molecule has 2 aromatic heterocycles. The molecule has 5 nitrogen and oxygen atoms in total. The van der Waals surface area contributed by atoms with Crippen LogP contribution in [0.25, 0.3) is 0 Å². The Bertz CT molecular complexity index is 1000. The number of thiophene rings is 2. The molecule has 0 bridgehead atoms. The lowest BCUT2D eigenvalue weighted by atomic mass is 10.0. The van der Waals surface area contributed by atoms with Gasteiger partial charge in [0, 0.05) is 18.0 Å². The van der Waals surface area contributed by atoms with Crippen molar-refractivity contribution in [2.24, 2.45) is 0 Å². The summed E-state index contributed by atoms with van der Waals surface area (Å²) in [6, 6.07) is 15.3.